The minimum absolute atomic E-state index is 0.182. The third kappa shape index (κ3) is 5.07. The smallest absolute Gasteiger partial charge is 0.255 e. The van der Waals surface area contributed by atoms with Gasteiger partial charge >= 0.3 is 0 Å². The Morgan fingerprint density at radius 2 is 1.89 bits per heavy atom. The van der Waals surface area contributed by atoms with Crippen LogP contribution in [0.1, 0.15) is 44.3 Å². The number of benzene rings is 2. The lowest BCUT2D eigenvalue weighted by molar-refractivity contribution is 0.0952. The Bertz CT molecular complexity index is 1390. The highest BCUT2D eigenvalue weighted by Crippen LogP contribution is 2.25. The van der Waals surface area contributed by atoms with Gasteiger partial charge in [0, 0.05) is 18.7 Å². The van der Waals surface area contributed by atoms with Crippen molar-refractivity contribution in [2.45, 2.75) is 26.5 Å². The molecule has 180 valence electrons. The number of carbonyl (C=O) groups excluding carboxylic acids is 1. The number of aryl methyl sites for hydroxylation is 2. The summed E-state index contributed by atoms with van der Waals surface area (Å²) in [7, 11) is 0. The van der Waals surface area contributed by atoms with Gasteiger partial charge in [-0.1, -0.05) is 43.0 Å². The Labute approximate surface area is 202 Å². The summed E-state index contributed by atoms with van der Waals surface area (Å²) in [6.07, 6.45) is 1.74. The van der Waals surface area contributed by atoms with Crippen LogP contribution in [0, 0.1) is 25.5 Å². The summed E-state index contributed by atoms with van der Waals surface area (Å²) in [5, 5.41) is 7.32. The molecular weight excluding hydrogens is 450 g/mol. The molecule has 0 aliphatic heterocycles. The van der Waals surface area contributed by atoms with Crippen LogP contribution in [0.3, 0.4) is 0 Å². The maximum atomic E-state index is 14.0. The molecule has 2 heterocycles. The monoisotopic (exact) mass is 476 g/mol. The normalized spacial score (nSPS) is 11.9. The standard InChI is InChI=1S/C27H26F2N4O2/c1-4-18-7-5-8-19(13-18)23(30)14-31-27(34)26-17(3)32-33-24(26)11-16(2)12-25(33)35-15-20-21(28)9-6-10-22(20)29/h4-13,23H,1,14-15,30H2,2-3H3,(H,31,34). The summed E-state index contributed by atoms with van der Waals surface area (Å²) < 4.78 is 35.2. The second kappa shape index (κ2) is 10.1. The van der Waals surface area contributed by atoms with Crippen LogP contribution in [0.25, 0.3) is 11.6 Å². The fraction of sp³-hybridized carbons (Fsp3) is 0.185. The van der Waals surface area contributed by atoms with Crippen LogP contribution in [-0.2, 0) is 6.61 Å². The molecule has 4 rings (SSSR count). The van der Waals surface area contributed by atoms with Gasteiger partial charge in [-0.15, -0.1) is 0 Å². The molecule has 4 aromatic rings. The molecule has 0 aliphatic rings. The molecule has 0 fully saturated rings. The predicted molar refractivity (Wildman–Crippen MR) is 131 cm³/mol. The number of aromatic nitrogens is 2. The number of hydrogen-bond donors (Lipinski definition) is 2. The van der Waals surface area contributed by atoms with Crippen LogP contribution in [0.5, 0.6) is 5.88 Å². The van der Waals surface area contributed by atoms with Gasteiger partial charge in [0.2, 0.25) is 5.88 Å². The molecule has 3 N–H and O–H groups in total. The summed E-state index contributed by atoms with van der Waals surface area (Å²) in [5.41, 5.74) is 10.1. The quantitative estimate of drug-likeness (QED) is 0.380. The van der Waals surface area contributed by atoms with Crippen molar-refractivity contribution in [1.29, 1.82) is 0 Å². The molecule has 0 spiro atoms. The first kappa shape index (κ1) is 24.1. The van der Waals surface area contributed by atoms with E-state index in [1.807, 2.05) is 31.2 Å². The van der Waals surface area contributed by atoms with E-state index in [0.717, 1.165) is 16.7 Å². The third-order valence-corrected chi connectivity index (χ3v) is 5.73. The number of hydrogen-bond acceptors (Lipinski definition) is 4. The van der Waals surface area contributed by atoms with Crippen LogP contribution in [0.15, 0.2) is 61.2 Å². The molecule has 0 saturated carbocycles. The second-order valence-electron chi connectivity index (χ2n) is 8.31. The van der Waals surface area contributed by atoms with Gasteiger partial charge in [-0.3, -0.25) is 4.79 Å². The van der Waals surface area contributed by atoms with Crippen molar-refractivity contribution in [2.75, 3.05) is 6.54 Å². The van der Waals surface area contributed by atoms with E-state index in [1.165, 1.54) is 22.7 Å². The van der Waals surface area contributed by atoms with Gasteiger partial charge in [-0.25, -0.2) is 8.78 Å². The Morgan fingerprint density at radius 3 is 2.60 bits per heavy atom. The number of ether oxygens (including phenoxy) is 1. The van der Waals surface area contributed by atoms with Crippen LogP contribution in [0.2, 0.25) is 0 Å². The van der Waals surface area contributed by atoms with E-state index in [0.29, 0.717) is 16.8 Å². The fourth-order valence-electron chi connectivity index (χ4n) is 3.88. The van der Waals surface area contributed by atoms with Crippen molar-refractivity contribution in [1.82, 2.24) is 14.9 Å². The number of rotatable bonds is 8. The number of halogens is 2. The summed E-state index contributed by atoms with van der Waals surface area (Å²) in [6, 6.07) is 14.4. The Hall–Kier alpha value is -4.04. The first-order valence-electron chi connectivity index (χ1n) is 11.1. The molecule has 2 aromatic heterocycles. The summed E-state index contributed by atoms with van der Waals surface area (Å²) in [4.78, 5) is 13.1. The first-order valence-corrected chi connectivity index (χ1v) is 11.1. The van der Waals surface area contributed by atoms with Gasteiger partial charge in [-0.05, 0) is 48.7 Å². The largest absolute Gasteiger partial charge is 0.473 e. The van der Waals surface area contributed by atoms with Crippen molar-refractivity contribution in [3.8, 4) is 5.88 Å². The molecule has 1 unspecified atom stereocenters. The lowest BCUT2D eigenvalue weighted by Crippen LogP contribution is -2.32. The molecule has 0 bridgehead atoms. The number of amides is 1. The number of nitrogens with two attached hydrogens (primary N) is 1. The van der Waals surface area contributed by atoms with Crippen LogP contribution in [0.4, 0.5) is 8.78 Å². The van der Waals surface area contributed by atoms with Gasteiger partial charge in [0.05, 0.1) is 22.3 Å². The zero-order chi connectivity index (χ0) is 25.1. The van der Waals surface area contributed by atoms with Crippen molar-refractivity contribution in [3.63, 3.8) is 0 Å². The lowest BCUT2D eigenvalue weighted by atomic mass is 10.0. The summed E-state index contributed by atoms with van der Waals surface area (Å²) >= 11 is 0. The molecule has 0 aliphatic carbocycles. The van der Waals surface area contributed by atoms with E-state index in [-0.39, 0.29) is 30.5 Å². The highest BCUT2D eigenvalue weighted by atomic mass is 19.1. The zero-order valence-corrected chi connectivity index (χ0v) is 19.5. The average molecular weight is 477 g/mol. The molecule has 0 saturated heterocycles. The molecule has 0 radical (unpaired) electrons. The number of nitrogens with zero attached hydrogens (tertiary/aromatic N) is 2. The van der Waals surface area contributed by atoms with Crippen molar-refractivity contribution in [2.24, 2.45) is 5.73 Å². The molecule has 35 heavy (non-hydrogen) atoms. The SMILES string of the molecule is C=Cc1cccc(C(N)CNC(=O)c2c(C)nn3c(OCc4c(F)cccc4F)cc(C)cc23)c1. The topological polar surface area (TPSA) is 81.6 Å². The van der Waals surface area contributed by atoms with Crippen LogP contribution in [-0.4, -0.2) is 22.1 Å². The zero-order valence-electron chi connectivity index (χ0n) is 19.5. The van der Waals surface area contributed by atoms with Gasteiger partial charge in [0.15, 0.2) is 0 Å². The maximum absolute atomic E-state index is 14.0. The van der Waals surface area contributed by atoms with Crippen molar-refractivity contribution >= 4 is 17.5 Å². The highest BCUT2D eigenvalue weighted by molar-refractivity contribution is 6.02. The highest BCUT2D eigenvalue weighted by Gasteiger charge is 2.21. The van der Waals surface area contributed by atoms with Crippen LogP contribution < -0.4 is 15.8 Å². The minimum Gasteiger partial charge on any atom is -0.473 e. The Kier molecular flexibility index (Phi) is 6.93. The molecule has 8 heteroatoms. The van der Waals surface area contributed by atoms with E-state index < -0.39 is 17.7 Å². The number of nitrogens with one attached hydrogen (secondary N) is 1. The Balaban J connectivity index is 1.56. The van der Waals surface area contributed by atoms with Crippen LogP contribution >= 0.6 is 0 Å². The van der Waals surface area contributed by atoms with E-state index >= 15 is 0 Å². The van der Waals surface area contributed by atoms with E-state index in [2.05, 4.69) is 17.0 Å². The van der Waals surface area contributed by atoms with Gasteiger partial charge in [-0.2, -0.15) is 9.61 Å². The van der Waals surface area contributed by atoms with Gasteiger partial charge < -0.3 is 15.8 Å². The number of pyridine rings is 1. The molecule has 1 amide bonds. The van der Waals surface area contributed by atoms with E-state index in [4.69, 9.17) is 10.5 Å². The average Bonchev–Trinajstić information content (AvgIpc) is 3.17. The van der Waals surface area contributed by atoms with E-state index in [1.54, 1.807) is 25.1 Å². The molecular formula is C27H26F2N4O2. The first-order chi connectivity index (χ1) is 16.8. The lowest BCUT2D eigenvalue weighted by Gasteiger charge is -2.14. The minimum atomic E-state index is -0.694. The van der Waals surface area contributed by atoms with E-state index in [9.17, 15) is 13.6 Å². The summed E-state index contributed by atoms with van der Waals surface area (Å²) in [6.45, 7) is 7.21. The predicted octanol–water partition coefficient (Wildman–Crippen LogP) is 4.88. The third-order valence-electron chi connectivity index (χ3n) is 5.73. The van der Waals surface area contributed by atoms with Gasteiger partial charge in [0.25, 0.3) is 5.91 Å². The molecule has 6 nitrogen and oxygen atoms in total. The van der Waals surface area contributed by atoms with Crippen molar-refractivity contribution in [3.05, 3.63) is 106 Å². The van der Waals surface area contributed by atoms with Crippen molar-refractivity contribution < 1.29 is 18.3 Å². The molecule has 1 atom stereocenters. The molecule has 2 aromatic carbocycles. The summed E-state index contributed by atoms with van der Waals surface area (Å²) in [5.74, 6) is -1.45. The number of carbonyl (C=O) groups is 1. The second-order valence-corrected chi connectivity index (χ2v) is 8.31. The number of fused-ring (bicyclic) bond motifs is 1. The maximum Gasteiger partial charge on any atom is 0.255 e. The fourth-order valence-corrected chi connectivity index (χ4v) is 3.88. The Morgan fingerprint density at radius 1 is 1.17 bits per heavy atom. The van der Waals surface area contributed by atoms with Gasteiger partial charge in [0.1, 0.15) is 18.2 Å².